The van der Waals surface area contributed by atoms with E-state index in [0.717, 1.165) is 25.9 Å². The van der Waals surface area contributed by atoms with Crippen LogP contribution in [0.5, 0.6) is 0 Å². The highest BCUT2D eigenvalue weighted by molar-refractivity contribution is 5.32. The molecule has 1 unspecified atom stereocenters. The van der Waals surface area contributed by atoms with Crippen LogP contribution in [0.1, 0.15) is 37.0 Å². The van der Waals surface area contributed by atoms with Gasteiger partial charge in [0.05, 0.1) is 5.60 Å². The van der Waals surface area contributed by atoms with Crippen molar-refractivity contribution in [3.8, 4) is 0 Å². The van der Waals surface area contributed by atoms with Crippen LogP contribution in [-0.2, 0) is 6.42 Å². The molecule has 1 aromatic rings. The molecular weight excluding hydrogens is 222 g/mol. The Hall–Kier alpha value is -0.860. The quantitative estimate of drug-likeness (QED) is 0.842. The summed E-state index contributed by atoms with van der Waals surface area (Å²) in [5.41, 5.74) is 3.15. The molecule has 2 N–H and O–H groups in total. The second-order valence-corrected chi connectivity index (χ2v) is 6.45. The second-order valence-electron chi connectivity index (χ2n) is 6.45. The van der Waals surface area contributed by atoms with E-state index in [1.165, 1.54) is 16.7 Å². The number of hydrogen-bond acceptors (Lipinski definition) is 2. The van der Waals surface area contributed by atoms with Crippen molar-refractivity contribution in [1.82, 2.24) is 5.32 Å². The van der Waals surface area contributed by atoms with Gasteiger partial charge >= 0.3 is 0 Å². The zero-order valence-corrected chi connectivity index (χ0v) is 12.0. The smallest absolute Gasteiger partial charge is 0.0762 e. The minimum absolute atomic E-state index is 0.0819. The van der Waals surface area contributed by atoms with E-state index in [2.05, 4.69) is 51.2 Å². The highest BCUT2D eigenvalue weighted by Crippen LogP contribution is 2.38. The Bertz CT molecular complexity index is 439. The fourth-order valence-corrected chi connectivity index (χ4v) is 2.83. The molecule has 0 saturated carbocycles. The van der Waals surface area contributed by atoms with Gasteiger partial charge in [-0.3, -0.25) is 0 Å². The van der Waals surface area contributed by atoms with Gasteiger partial charge in [0.25, 0.3) is 0 Å². The topological polar surface area (TPSA) is 32.3 Å². The molecule has 1 heterocycles. The zero-order valence-electron chi connectivity index (χ0n) is 12.0. The lowest BCUT2D eigenvalue weighted by Gasteiger charge is -2.47. The number of piperidine rings is 1. The summed E-state index contributed by atoms with van der Waals surface area (Å²) < 4.78 is 0. The number of nitrogens with one attached hydrogen (secondary N) is 1. The fourth-order valence-electron chi connectivity index (χ4n) is 2.83. The Morgan fingerprint density at radius 1 is 1.28 bits per heavy atom. The summed E-state index contributed by atoms with van der Waals surface area (Å²) in [4.78, 5) is 0. The number of benzene rings is 1. The predicted octanol–water partition coefficient (Wildman–Crippen LogP) is 2.60. The first kappa shape index (κ1) is 13.6. The van der Waals surface area contributed by atoms with Gasteiger partial charge in [0, 0.05) is 18.4 Å². The molecule has 0 aromatic heterocycles. The van der Waals surface area contributed by atoms with E-state index >= 15 is 0 Å². The molecule has 1 fully saturated rings. The van der Waals surface area contributed by atoms with Gasteiger partial charge in [-0.15, -0.1) is 0 Å². The van der Waals surface area contributed by atoms with Gasteiger partial charge in [0.1, 0.15) is 0 Å². The summed E-state index contributed by atoms with van der Waals surface area (Å²) in [6.07, 6.45) is 1.59. The summed E-state index contributed by atoms with van der Waals surface area (Å²) in [6, 6.07) is 6.50. The number of aryl methyl sites for hydroxylation is 2. The lowest BCUT2D eigenvalue weighted by Crippen LogP contribution is -2.57. The van der Waals surface area contributed by atoms with E-state index in [-0.39, 0.29) is 5.41 Å². The van der Waals surface area contributed by atoms with Crippen LogP contribution in [-0.4, -0.2) is 23.8 Å². The summed E-state index contributed by atoms with van der Waals surface area (Å²) in [6.45, 7) is 10.3. The van der Waals surface area contributed by atoms with Crippen molar-refractivity contribution in [3.63, 3.8) is 0 Å². The van der Waals surface area contributed by atoms with Crippen molar-refractivity contribution < 1.29 is 5.11 Å². The summed E-state index contributed by atoms with van der Waals surface area (Å²) in [5, 5.41) is 14.4. The highest BCUT2D eigenvalue weighted by Gasteiger charge is 2.45. The highest BCUT2D eigenvalue weighted by atomic mass is 16.3. The molecule has 1 aliphatic heterocycles. The maximum atomic E-state index is 11.0. The summed E-state index contributed by atoms with van der Waals surface area (Å²) >= 11 is 0. The molecule has 18 heavy (non-hydrogen) atoms. The monoisotopic (exact) mass is 247 g/mol. The first-order chi connectivity index (χ1) is 8.34. The van der Waals surface area contributed by atoms with E-state index in [9.17, 15) is 5.11 Å². The molecule has 0 spiro atoms. The first-order valence-corrected chi connectivity index (χ1v) is 6.83. The second kappa shape index (κ2) is 4.67. The Balaban J connectivity index is 2.28. The molecule has 0 radical (unpaired) electrons. The van der Waals surface area contributed by atoms with Crippen LogP contribution in [0.3, 0.4) is 0 Å². The van der Waals surface area contributed by atoms with Gasteiger partial charge in [-0.25, -0.2) is 0 Å². The van der Waals surface area contributed by atoms with Crippen LogP contribution >= 0.6 is 0 Å². The molecule has 2 rings (SSSR count). The molecule has 1 atom stereocenters. The number of rotatable bonds is 2. The molecule has 0 aliphatic carbocycles. The standard InChI is InChI=1S/C16H25NO/c1-12-5-6-13(2)14(9-12)10-16(18)7-8-17-11-15(16,3)4/h5-6,9,17-18H,7-8,10-11H2,1-4H3. The zero-order chi connectivity index (χ0) is 13.4. The third kappa shape index (κ3) is 2.45. The van der Waals surface area contributed by atoms with E-state index in [4.69, 9.17) is 0 Å². The van der Waals surface area contributed by atoms with Gasteiger partial charge in [0.2, 0.25) is 0 Å². The molecular formula is C16H25NO. The molecule has 2 heteroatoms. The van der Waals surface area contributed by atoms with Gasteiger partial charge in [-0.05, 0) is 37.9 Å². The average Bonchev–Trinajstić information content (AvgIpc) is 2.28. The largest absolute Gasteiger partial charge is 0.389 e. The summed E-state index contributed by atoms with van der Waals surface area (Å²) in [7, 11) is 0. The van der Waals surface area contributed by atoms with Crippen LogP contribution in [0.2, 0.25) is 0 Å². The lowest BCUT2D eigenvalue weighted by molar-refractivity contribution is -0.0870. The van der Waals surface area contributed by atoms with Crippen molar-refractivity contribution in [2.45, 2.75) is 46.1 Å². The Morgan fingerprint density at radius 3 is 2.67 bits per heavy atom. The fraction of sp³-hybridized carbons (Fsp3) is 0.625. The Morgan fingerprint density at radius 2 is 2.00 bits per heavy atom. The summed E-state index contributed by atoms with van der Waals surface area (Å²) in [5.74, 6) is 0. The molecule has 0 amide bonds. The van der Waals surface area contributed by atoms with E-state index in [1.807, 2.05) is 0 Å². The van der Waals surface area contributed by atoms with E-state index in [1.54, 1.807) is 0 Å². The molecule has 1 aromatic carbocycles. The Labute approximate surface area is 110 Å². The first-order valence-electron chi connectivity index (χ1n) is 6.83. The molecule has 1 aliphatic rings. The number of aliphatic hydroxyl groups is 1. The van der Waals surface area contributed by atoms with Crippen molar-refractivity contribution in [2.75, 3.05) is 13.1 Å². The van der Waals surface area contributed by atoms with Crippen molar-refractivity contribution in [2.24, 2.45) is 5.41 Å². The van der Waals surface area contributed by atoms with E-state index < -0.39 is 5.60 Å². The maximum Gasteiger partial charge on any atom is 0.0762 e. The lowest BCUT2D eigenvalue weighted by atomic mass is 9.67. The minimum atomic E-state index is -0.600. The van der Waals surface area contributed by atoms with Crippen LogP contribution < -0.4 is 5.32 Å². The van der Waals surface area contributed by atoms with E-state index in [0.29, 0.717) is 0 Å². The van der Waals surface area contributed by atoms with Crippen LogP contribution in [0.15, 0.2) is 18.2 Å². The normalized spacial score (nSPS) is 27.2. The molecule has 0 bridgehead atoms. The Kier molecular flexibility index (Phi) is 3.52. The SMILES string of the molecule is Cc1ccc(C)c(CC2(O)CCNCC2(C)C)c1. The van der Waals surface area contributed by atoms with Crippen molar-refractivity contribution in [1.29, 1.82) is 0 Å². The van der Waals surface area contributed by atoms with Gasteiger partial charge < -0.3 is 10.4 Å². The van der Waals surface area contributed by atoms with Gasteiger partial charge in [-0.2, -0.15) is 0 Å². The molecule has 2 nitrogen and oxygen atoms in total. The van der Waals surface area contributed by atoms with Crippen molar-refractivity contribution >= 4 is 0 Å². The molecule has 100 valence electrons. The number of hydrogen-bond donors (Lipinski definition) is 2. The van der Waals surface area contributed by atoms with Crippen LogP contribution in [0.4, 0.5) is 0 Å². The third-order valence-electron chi connectivity index (χ3n) is 4.53. The maximum absolute atomic E-state index is 11.0. The van der Waals surface area contributed by atoms with Gasteiger partial charge in [0.15, 0.2) is 0 Å². The molecule has 1 saturated heterocycles. The minimum Gasteiger partial charge on any atom is -0.389 e. The predicted molar refractivity (Wildman–Crippen MR) is 75.8 cm³/mol. The van der Waals surface area contributed by atoms with Crippen LogP contribution in [0.25, 0.3) is 0 Å². The average molecular weight is 247 g/mol. The third-order valence-corrected chi connectivity index (χ3v) is 4.53. The van der Waals surface area contributed by atoms with Crippen molar-refractivity contribution in [3.05, 3.63) is 34.9 Å². The van der Waals surface area contributed by atoms with Crippen LogP contribution in [0, 0.1) is 19.3 Å². The van der Waals surface area contributed by atoms with Gasteiger partial charge in [-0.1, -0.05) is 37.6 Å².